The van der Waals surface area contributed by atoms with Gasteiger partial charge in [0.25, 0.3) is 0 Å². The van der Waals surface area contributed by atoms with E-state index in [1.165, 1.54) is 16.9 Å². The molecule has 1 aromatic carbocycles. The van der Waals surface area contributed by atoms with Crippen LogP contribution in [0.1, 0.15) is 22.2 Å². The summed E-state index contributed by atoms with van der Waals surface area (Å²) >= 11 is 1.49. The number of nitrogens with zero attached hydrogens (tertiary/aromatic N) is 1. The highest BCUT2D eigenvalue weighted by molar-refractivity contribution is 7.11. The van der Waals surface area contributed by atoms with E-state index in [0.717, 1.165) is 11.4 Å². The lowest BCUT2D eigenvalue weighted by Gasteiger charge is -1.92. The van der Waals surface area contributed by atoms with Gasteiger partial charge in [-0.2, -0.15) is 4.57 Å². The average molecular weight is 218 g/mol. The molecule has 0 saturated heterocycles. The molecule has 2 nitrogen and oxygen atoms in total. The molecule has 0 fully saturated rings. The first-order valence-electron chi connectivity index (χ1n) is 4.78. The van der Waals surface area contributed by atoms with Gasteiger partial charge < -0.3 is 0 Å². The average Bonchev–Trinajstić information content (AvgIpc) is 2.68. The number of carbonyl (C=O) groups excluding carboxylic acids is 1. The molecule has 0 bridgehead atoms. The highest BCUT2D eigenvalue weighted by Gasteiger charge is 2.10. The molecule has 76 valence electrons. The van der Waals surface area contributed by atoms with E-state index in [2.05, 4.69) is 12.1 Å². The number of ketones is 1. The van der Waals surface area contributed by atoms with E-state index in [-0.39, 0.29) is 5.78 Å². The SMILES string of the molecule is CC(=O)c1c[n+](Cc2ccccc2)cs1. The molecule has 2 rings (SSSR count). The summed E-state index contributed by atoms with van der Waals surface area (Å²) < 4.78 is 2.04. The van der Waals surface area contributed by atoms with Crippen LogP contribution in [0.25, 0.3) is 0 Å². The summed E-state index contributed by atoms with van der Waals surface area (Å²) in [4.78, 5) is 11.9. The number of carbonyl (C=O) groups is 1. The Morgan fingerprint density at radius 1 is 1.33 bits per heavy atom. The van der Waals surface area contributed by atoms with Crippen LogP contribution in [0.2, 0.25) is 0 Å². The van der Waals surface area contributed by atoms with Gasteiger partial charge in [-0.1, -0.05) is 41.7 Å². The zero-order valence-corrected chi connectivity index (χ0v) is 9.33. The zero-order chi connectivity index (χ0) is 10.7. The van der Waals surface area contributed by atoms with Crippen LogP contribution >= 0.6 is 11.3 Å². The first kappa shape index (κ1) is 10.1. The molecule has 0 atom stereocenters. The predicted octanol–water partition coefficient (Wildman–Crippen LogP) is 2.29. The van der Waals surface area contributed by atoms with Gasteiger partial charge in [0.15, 0.2) is 18.5 Å². The molecule has 1 heterocycles. The lowest BCUT2D eigenvalue weighted by molar-refractivity contribution is -0.683. The van der Waals surface area contributed by atoms with Crippen LogP contribution in [-0.4, -0.2) is 5.78 Å². The van der Waals surface area contributed by atoms with E-state index in [9.17, 15) is 4.79 Å². The van der Waals surface area contributed by atoms with Crippen molar-refractivity contribution in [3.8, 4) is 0 Å². The fourth-order valence-electron chi connectivity index (χ4n) is 1.39. The lowest BCUT2D eigenvalue weighted by Crippen LogP contribution is -2.30. The normalized spacial score (nSPS) is 10.2. The number of hydrogen-bond donors (Lipinski definition) is 0. The maximum Gasteiger partial charge on any atom is 0.225 e. The molecule has 15 heavy (non-hydrogen) atoms. The van der Waals surface area contributed by atoms with Gasteiger partial charge in [0, 0.05) is 12.5 Å². The van der Waals surface area contributed by atoms with Crippen molar-refractivity contribution >= 4 is 17.1 Å². The molecule has 1 aromatic heterocycles. The minimum Gasteiger partial charge on any atom is -0.293 e. The Morgan fingerprint density at radius 3 is 2.67 bits per heavy atom. The molecule has 0 aliphatic carbocycles. The summed E-state index contributed by atoms with van der Waals surface area (Å²) in [5.41, 5.74) is 3.22. The molecule has 2 aromatic rings. The Kier molecular flexibility index (Phi) is 2.92. The van der Waals surface area contributed by atoms with Crippen LogP contribution in [0.3, 0.4) is 0 Å². The zero-order valence-electron chi connectivity index (χ0n) is 8.51. The van der Waals surface area contributed by atoms with Crippen molar-refractivity contribution in [2.24, 2.45) is 0 Å². The van der Waals surface area contributed by atoms with Gasteiger partial charge in [-0.05, 0) is 0 Å². The lowest BCUT2D eigenvalue weighted by atomic mass is 10.2. The molecule has 0 amide bonds. The smallest absolute Gasteiger partial charge is 0.225 e. The Balaban J connectivity index is 2.15. The van der Waals surface area contributed by atoms with Gasteiger partial charge in [0.2, 0.25) is 5.51 Å². The molecule has 0 unspecified atom stereocenters. The summed E-state index contributed by atoms with van der Waals surface area (Å²) in [6, 6.07) is 10.2. The van der Waals surface area contributed by atoms with E-state index in [1.54, 1.807) is 6.92 Å². The summed E-state index contributed by atoms with van der Waals surface area (Å²) in [5, 5.41) is 0. The van der Waals surface area contributed by atoms with Crippen LogP contribution < -0.4 is 4.57 Å². The Morgan fingerprint density at radius 2 is 2.07 bits per heavy atom. The Bertz CT molecular complexity index is 461. The summed E-state index contributed by atoms with van der Waals surface area (Å²) in [6.45, 7) is 2.42. The quantitative estimate of drug-likeness (QED) is 0.572. The Labute approximate surface area is 92.8 Å². The van der Waals surface area contributed by atoms with Crippen LogP contribution in [0.5, 0.6) is 0 Å². The highest BCUT2D eigenvalue weighted by Crippen LogP contribution is 2.06. The minimum atomic E-state index is 0.131. The van der Waals surface area contributed by atoms with Crippen molar-refractivity contribution in [2.45, 2.75) is 13.5 Å². The number of thiazole rings is 1. The third kappa shape index (κ3) is 2.50. The summed E-state index contributed by atoms with van der Waals surface area (Å²) in [6.07, 6.45) is 1.90. The van der Waals surface area contributed by atoms with Gasteiger partial charge >= 0.3 is 0 Å². The molecular weight excluding hydrogens is 206 g/mol. The van der Waals surface area contributed by atoms with Gasteiger partial charge in [0.05, 0.1) is 0 Å². The van der Waals surface area contributed by atoms with Gasteiger partial charge in [0.1, 0.15) is 4.88 Å². The Hall–Kier alpha value is -1.48. The van der Waals surface area contributed by atoms with Crippen LogP contribution in [0, 0.1) is 0 Å². The molecule has 0 aliphatic rings. The molecule has 3 heteroatoms. The molecule has 0 saturated carbocycles. The molecule has 0 aliphatic heterocycles. The van der Waals surface area contributed by atoms with Crippen molar-refractivity contribution < 1.29 is 9.36 Å². The summed E-state index contributed by atoms with van der Waals surface area (Å²) in [7, 11) is 0. The van der Waals surface area contributed by atoms with Crippen molar-refractivity contribution in [2.75, 3.05) is 0 Å². The minimum absolute atomic E-state index is 0.131. The number of Topliss-reactive ketones (excluding diaryl/α,β-unsaturated/α-hetero) is 1. The van der Waals surface area contributed by atoms with Crippen molar-refractivity contribution in [1.82, 2.24) is 0 Å². The van der Waals surface area contributed by atoms with Crippen LogP contribution in [0.15, 0.2) is 42.0 Å². The van der Waals surface area contributed by atoms with E-state index >= 15 is 0 Å². The second-order valence-electron chi connectivity index (χ2n) is 3.43. The van der Waals surface area contributed by atoms with Crippen LogP contribution in [-0.2, 0) is 6.54 Å². The second kappa shape index (κ2) is 4.36. The molecular formula is C12H12NOS+. The maximum atomic E-state index is 11.1. The fourth-order valence-corrected chi connectivity index (χ4v) is 2.13. The highest BCUT2D eigenvalue weighted by atomic mass is 32.1. The number of benzene rings is 1. The second-order valence-corrected chi connectivity index (χ2v) is 4.32. The van der Waals surface area contributed by atoms with E-state index in [1.807, 2.05) is 34.5 Å². The topological polar surface area (TPSA) is 20.9 Å². The van der Waals surface area contributed by atoms with Gasteiger partial charge in [-0.25, -0.2) is 0 Å². The molecule has 0 spiro atoms. The third-order valence-corrected chi connectivity index (χ3v) is 3.18. The molecule has 0 radical (unpaired) electrons. The van der Waals surface area contributed by atoms with Gasteiger partial charge in [-0.3, -0.25) is 4.79 Å². The molecule has 0 N–H and O–H groups in total. The first-order valence-corrected chi connectivity index (χ1v) is 5.66. The van der Waals surface area contributed by atoms with E-state index in [0.29, 0.717) is 0 Å². The summed E-state index contributed by atoms with van der Waals surface area (Å²) in [5.74, 6) is 0.131. The van der Waals surface area contributed by atoms with Crippen molar-refractivity contribution in [1.29, 1.82) is 0 Å². The van der Waals surface area contributed by atoms with Crippen molar-refractivity contribution in [3.63, 3.8) is 0 Å². The number of hydrogen-bond acceptors (Lipinski definition) is 2. The van der Waals surface area contributed by atoms with Crippen molar-refractivity contribution in [3.05, 3.63) is 52.5 Å². The van der Waals surface area contributed by atoms with Gasteiger partial charge in [-0.15, -0.1) is 0 Å². The third-order valence-electron chi connectivity index (χ3n) is 2.15. The van der Waals surface area contributed by atoms with E-state index < -0.39 is 0 Å². The first-order chi connectivity index (χ1) is 7.25. The standard InChI is InChI=1S/C12H12NOS/c1-10(14)12-8-13(9-15-12)7-11-5-3-2-4-6-11/h2-6,8-9H,7H2,1H3/q+1. The number of rotatable bonds is 3. The monoisotopic (exact) mass is 218 g/mol. The fraction of sp³-hybridized carbons (Fsp3) is 0.167. The maximum absolute atomic E-state index is 11.1. The number of aromatic nitrogens is 1. The van der Waals surface area contributed by atoms with Crippen LogP contribution in [0.4, 0.5) is 0 Å². The predicted molar refractivity (Wildman–Crippen MR) is 60.1 cm³/mol. The van der Waals surface area contributed by atoms with E-state index in [4.69, 9.17) is 0 Å². The largest absolute Gasteiger partial charge is 0.293 e.